The summed E-state index contributed by atoms with van der Waals surface area (Å²) in [5, 5.41) is 11.7. The summed E-state index contributed by atoms with van der Waals surface area (Å²) < 4.78 is 0. The quantitative estimate of drug-likeness (QED) is 0.660. The van der Waals surface area contributed by atoms with Crippen molar-refractivity contribution >= 4 is 11.9 Å². The number of carboxylic acids is 1. The molecule has 0 saturated carbocycles. The van der Waals surface area contributed by atoms with E-state index in [1.807, 2.05) is 14.1 Å². The van der Waals surface area contributed by atoms with Crippen molar-refractivity contribution in [3.05, 3.63) is 17.7 Å². The fourth-order valence-electron chi connectivity index (χ4n) is 2.25. The van der Waals surface area contributed by atoms with Gasteiger partial charge < -0.3 is 20.3 Å². The summed E-state index contributed by atoms with van der Waals surface area (Å²) in [6.45, 7) is 3.28. The molecule has 1 aliphatic rings. The Hall–Kier alpha value is -1.93. The van der Waals surface area contributed by atoms with Crippen molar-refractivity contribution in [1.82, 2.24) is 25.1 Å². The molecule has 1 fully saturated rings. The predicted molar refractivity (Wildman–Crippen MR) is 71.8 cm³/mol. The molecule has 1 aromatic rings. The fourth-order valence-corrected chi connectivity index (χ4v) is 2.25. The number of rotatable bonds is 4. The third-order valence-corrected chi connectivity index (χ3v) is 3.55. The molecule has 2 heterocycles. The van der Waals surface area contributed by atoms with E-state index < -0.39 is 11.9 Å². The van der Waals surface area contributed by atoms with Gasteiger partial charge in [0.2, 0.25) is 0 Å². The Morgan fingerprint density at radius 1 is 1.50 bits per heavy atom. The number of carbonyl (C=O) groups is 2. The molecule has 1 aromatic heterocycles. The van der Waals surface area contributed by atoms with Crippen LogP contribution in [0.4, 0.5) is 0 Å². The molecule has 2 rings (SSSR count). The number of carbonyl (C=O) groups excluding carboxylic acids is 1. The van der Waals surface area contributed by atoms with Gasteiger partial charge in [0.05, 0.1) is 6.33 Å². The summed E-state index contributed by atoms with van der Waals surface area (Å²) in [4.78, 5) is 33.5. The Bertz CT molecular complexity index is 501. The second-order valence-corrected chi connectivity index (χ2v) is 5.04. The Morgan fingerprint density at radius 2 is 2.25 bits per heavy atom. The smallest absolute Gasteiger partial charge is 0.354 e. The number of carboxylic acid groups (broad SMARTS) is 1. The van der Waals surface area contributed by atoms with Gasteiger partial charge in [-0.2, -0.15) is 0 Å². The van der Waals surface area contributed by atoms with Gasteiger partial charge in [-0.3, -0.25) is 9.69 Å². The lowest BCUT2D eigenvalue weighted by atomic mass is 10.2. The number of likely N-dealkylation sites (N-methyl/N-ethyl adjacent to an activating group) is 2. The maximum Gasteiger partial charge on any atom is 0.354 e. The van der Waals surface area contributed by atoms with Crippen molar-refractivity contribution in [2.24, 2.45) is 0 Å². The topological polar surface area (TPSA) is 102 Å². The van der Waals surface area contributed by atoms with E-state index in [1.54, 1.807) is 0 Å². The molecule has 0 bridgehead atoms. The number of hydrogen-bond donors (Lipinski definition) is 3. The van der Waals surface area contributed by atoms with Crippen LogP contribution in [-0.4, -0.2) is 83.1 Å². The molecule has 0 aromatic carbocycles. The van der Waals surface area contributed by atoms with E-state index in [-0.39, 0.29) is 17.4 Å². The van der Waals surface area contributed by atoms with Crippen LogP contribution in [0.2, 0.25) is 0 Å². The van der Waals surface area contributed by atoms with Crippen molar-refractivity contribution in [3.8, 4) is 0 Å². The first-order chi connectivity index (χ1) is 9.49. The number of piperazine rings is 1. The lowest BCUT2D eigenvalue weighted by Crippen LogP contribution is -2.54. The Balaban J connectivity index is 1.95. The Kier molecular flexibility index (Phi) is 4.35. The number of aromatic carboxylic acids is 1. The third kappa shape index (κ3) is 3.14. The molecule has 8 heteroatoms. The monoisotopic (exact) mass is 281 g/mol. The van der Waals surface area contributed by atoms with Gasteiger partial charge in [-0.05, 0) is 14.1 Å². The summed E-state index contributed by atoms with van der Waals surface area (Å²) in [7, 11) is 4.05. The molecule has 1 amide bonds. The van der Waals surface area contributed by atoms with E-state index in [1.165, 1.54) is 6.33 Å². The van der Waals surface area contributed by atoms with E-state index in [9.17, 15) is 9.59 Å². The van der Waals surface area contributed by atoms with E-state index in [0.29, 0.717) is 6.54 Å². The number of nitrogens with zero attached hydrogens (tertiary/aromatic N) is 3. The van der Waals surface area contributed by atoms with Crippen LogP contribution >= 0.6 is 0 Å². The fraction of sp³-hybridized carbons (Fsp3) is 0.583. The van der Waals surface area contributed by atoms with Crippen molar-refractivity contribution in [1.29, 1.82) is 0 Å². The number of aromatic amines is 1. The Morgan fingerprint density at radius 3 is 2.95 bits per heavy atom. The SMILES string of the molecule is CN1CCN(C)C(CNC(=O)c2nc[nH]c2C(=O)O)C1. The average molecular weight is 281 g/mol. The van der Waals surface area contributed by atoms with Crippen LogP contribution in [0.1, 0.15) is 21.0 Å². The van der Waals surface area contributed by atoms with Gasteiger partial charge in [0.15, 0.2) is 11.4 Å². The molecule has 20 heavy (non-hydrogen) atoms. The molecule has 0 radical (unpaired) electrons. The summed E-state index contributed by atoms with van der Waals surface area (Å²) in [5.74, 6) is -1.66. The second-order valence-electron chi connectivity index (χ2n) is 5.04. The Labute approximate surface area is 116 Å². The van der Waals surface area contributed by atoms with E-state index in [2.05, 4.69) is 25.1 Å². The van der Waals surface area contributed by atoms with Crippen molar-refractivity contribution in [2.75, 3.05) is 40.3 Å². The van der Waals surface area contributed by atoms with Gasteiger partial charge in [-0.25, -0.2) is 9.78 Å². The minimum Gasteiger partial charge on any atom is -0.477 e. The van der Waals surface area contributed by atoms with Gasteiger partial charge in [-0.15, -0.1) is 0 Å². The molecular weight excluding hydrogens is 262 g/mol. The second kappa shape index (κ2) is 6.02. The summed E-state index contributed by atoms with van der Waals surface area (Å²) in [6, 6.07) is 0.213. The molecule has 1 unspecified atom stereocenters. The first-order valence-corrected chi connectivity index (χ1v) is 6.42. The van der Waals surface area contributed by atoms with Gasteiger partial charge in [0.25, 0.3) is 5.91 Å². The van der Waals surface area contributed by atoms with Crippen LogP contribution in [0.15, 0.2) is 6.33 Å². The number of hydrogen-bond acceptors (Lipinski definition) is 5. The number of nitrogens with one attached hydrogen (secondary N) is 2. The third-order valence-electron chi connectivity index (χ3n) is 3.55. The summed E-state index contributed by atoms with van der Waals surface area (Å²) in [5.41, 5.74) is -0.263. The van der Waals surface area contributed by atoms with Gasteiger partial charge in [0.1, 0.15) is 0 Å². The van der Waals surface area contributed by atoms with Crippen LogP contribution in [0.5, 0.6) is 0 Å². The first kappa shape index (κ1) is 14.5. The number of imidazole rings is 1. The predicted octanol–water partition coefficient (Wildman–Crippen LogP) is -0.916. The minimum absolute atomic E-state index is 0.0793. The van der Waals surface area contributed by atoms with Crippen LogP contribution in [-0.2, 0) is 0 Å². The highest BCUT2D eigenvalue weighted by molar-refractivity contribution is 6.02. The number of H-pyrrole nitrogens is 1. The number of aromatic nitrogens is 2. The highest BCUT2D eigenvalue weighted by Crippen LogP contribution is 2.06. The molecule has 0 spiro atoms. The zero-order chi connectivity index (χ0) is 14.7. The molecule has 1 saturated heterocycles. The molecule has 0 aliphatic carbocycles. The normalized spacial score (nSPS) is 20.8. The molecule has 1 aliphatic heterocycles. The van der Waals surface area contributed by atoms with Crippen LogP contribution < -0.4 is 5.32 Å². The van der Waals surface area contributed by atoms with E-state index in [4.69, 9.17) is 5.11 Å². The molecule has 8 nitrogen and oxygen atoms in total. The zero-order valence-electron chi connectivity index (χ0n) is 11.6. The minimum atomic E-state index is -1.19. The highest BCUT2D eigenvalue weighted by atomic mass is 16.4. The summed E-state index contributed by atoms with van der Waals surface area (Å²) in [6.07, 6.45) is 1.21. The van der Waals surface area contributed by atoms with Gasteiger partial charge in [-0.1, -0.05) is 0 Å². The van der Waals surface area contributed by atoms with Gasteiger partial charge in [0, 0.05) is 32.2 Å². The van der Waals surface area contributed by atoms with Crippen molar-refractivity contribution in [2.45, 2.75) is 6.04 Å². The zero-order valence-corrected chi connectivity index (χ0v) is 11.6. The summed E-state index contributed by atoms with van der Waals surface area (Å²) >= 11 is 0. The standard InChI is InChI=1S/C12H19N5O3/c1-16-3-4-17(2)8(6-16)5-13-11(18)9-10(12(19)20)15-7-14-9/h7-8H,3-6H2,1-2H3,(H,13,18)(H,14,15)(H,19,20). The van der Waals surface area contributed by atoms with Crippen molar-refractivity contribution in [3.63, 3.8) is 0 Å². The molecule has 1 atom stereocenters. The van der Waals surface area contributed by atoms with Crippen LogP contribution in [0.3, 0.4) is 0 Å². The number of amides is 1. The largest absolute Gasteiger partial charge is 0.477 e. The maximum absolute atomic E-state index is 12.0. The van der Waals surface area contributed by atoms with Gasteiger partial charge >= 0.3 is 5.97 Å². The van der Waals surface area contributed by atoms with E-state index in [0.717, 1.165) is 19.6 Å². The molecule has 3 N–H and O–H groups in total. The van der Waals surface area contributed by atoms with Crippen molar-refractivity contribution < 1.29 is 14.7 Å². The lowest BCUT2D eigenvalue weighted by Gasteiger charge is -2.37. The molecular formula is C12H19N5O3. The average Bonchev–Trinajstić information content (AvgIpc) is 2.89. The lowest BCUT2D eigenvalue weighted by molar-refractivity contribution is 0.0683. The van der Waals surface area contributed by atoms with Crippen LogP contribution in [0, 0.1) is 0 Å². The molecule has 110 valence electrons. The van der Waals surface area contributed by atoms with Crippen LogP contribution in [0.25, 0.3) is 0 Å². The van der Waals surface area contributed by atoms with E-state index >= 15 is 0 Å². The maximum atomic E-state index is 12.0. The highest BCUT2D eigenvalue weighted by Gasteiger charge is 2.24. The first-order valence-electron chi connectivity index (χ1n) is 6.42.